The normalized spacial score (nSPS) is 30.2. The molecule has 90 valence electrons. The van der Waals surface area contributed by atoms with E-state index in [1.54, 1.807) is 0 Å². The van der Waals surface area contributed by atoms with Gasteiger partial charge >= 0.3 is 0 Å². The smallest absolute Gasteiger partial charge is 0.191 e. The molecule has 2 aliphatic rings. The molecule has 0 bridgehead atoms. The summed E-state index contributed by atoms with van der Waals surface area (Å²) in [6, 6.07) is 0.667. The highest BCUT2D eigenvalue weighted by Gasteiger charge is 2.29. The molecule has 0 aromatic carbocycles. The van der Waals surface area contributed by atoms with Crippen LogP contribution in [0, 0.1) is 5.92 Å². The van der Waals surface area contributed by atoms with Gasteiger partial charge in [0.25, 0.3) is 0 Å². The van der Waals surface area contributed by atoms with E-state index in [-0.39, 0.29) is 24.8 Å². The van der Waals surface area contributed by atoms with E-state index in [4.69, 9.17) is 5.73 Å². The molecule has 2 N–H and O–H groups in total. The fourth-order valence-electron chi connectivity index (χ4n) is 2.57. The van der Waals surface area contributed by atoms with Gasteiger partial charge in [-0.25, -0.2) is 0 Å². The molecule has 5 heteroatoms. The molecule has 1 heterocycles. The first kappa shape index (κ1) is 14.8. The van der Waals surface area contributed by atoms with Crippen LogP contribution in [0.5, 0.6) is 0 Å². The van der Waals surface area contributed by atoms with Gasteiger partial charge < -0.3 is 10.6 Å². The van der Waals surface area contributed by atoms with Crippen LogP contribution in [-0.2, 0) is 0 Å². The Morgan fingerprint density at radius 3 is 2.47 bits per heavy atom. The summed E-state index contributed by atoms with van der Waals surface area (Å²) < 4.78 is 0. The molecule has 0 saturated heterocycles. The number of nitrogens with zero attached hydrogens (tertiary/aromatic N) is 2. The van der Waals surface area contributed by atoms with Crippen molar-refractivity contribution >= 4 is 30.8 Å². The average Bonchev–Trinajstić information content (AvgIpc) is 2.52. The van der Waals surface area contributed by atoms with Crippen molar-refractivity contribution in [1.82, 2.24) is 4.90 Å². The van der Waals surface area contributed by atoms with Gasteiger partial charge in [-0.2, -0.15) is 0 Å². The molecule has 2 rings (SSSR count). The average molecular weight is 254 g/mol. The van der Waals surface area contributed by atoms with Gasteiger partial charge in [-0.05, 0) is 18.8 Å². The van der Waals surface area contributed by atoms with Gasteiger partial charge in [-0.15, -0.1) is 24.8 Å². The molecule has 0 spiro atoms. The fraction of sp³-hybridized carbons (Fsp3) is 0.900. The van der Waals surface area contributed by atoms with Crippen molar-refractivity contribution in [3.8, 4) is 0 Å². The second-order valence-electron chi connectivity index (χ2n) is 4.26. The van der Waals surface area contributed by atoms with Gasteiger partial charge in [0.2, 0.25) is 0 Å². The molecule has 0 amide bonds. The highest BCUT2D eigenvalue weighted by molar-refractivity contribution is 5.85. The van der Waals surface area contributed by atoms with E-state index in [0.717, 1.165) is 25.0 Å². The zero-order chi connectivity index (χ0) is 9.26. The van der Waals surface area contributed by atoms with Crippen molar-refractivity contribution in [3.63, 3.8) is 0 Å². The number of hydrogen-bond acceptors (Lipinski definition) is 3. The molecular weight excluding hydrogens is 233 g/mol. The van der Waals surface area contributed by atoms with E-state index in [0.29, 0.717) is 6.04 Å². The second kappa shape index (κ2) is 6.44. The van der Waals surface area contributed by atoms with Crippen LogP contribution in [0.25, 0.3) is 0 Å². The van der Waals surface area contributed by atoms with E-state index in [9.17, 15) is 0 Å². The summed E-state index contributed by atoms with van der Waals surface area (Å²) in [7, 11) is 0. The van der Waals surface area contributed by atoms with Crippen molar-refractivity contribution in [3.05, 3.63) is 0 Å². The first-order chi connectivity index (χ1) is 6.29. The van der Waals surface area contributed by atoms with Crippen LogP contribution in [0.2, 0.25) is 0 Å². The van der Waals surface area contributed by atoms with Gasteiger partial charge in [0.1, 0.15) is 0 Å². The Kier molecular flexibility index (Phi) is 6.37. The van der Waals surface area contributed by atoms with Gasteiger partial charge in [0, 0.05) is 12.6 Å². The van der Waals surface area contributed by atoms with E-state index in [2.05, 4.69) is 16.8 Å². The molecule has 2 atom stereocenters. The maximum absolute atomic E-state index is 5.85. The lowest BCUT2D eigenvalue weighted by molar-refractivity contribution is 0.190. The van der Waals surface area contributed by atoms with Crippen molar-refractivity contribution in [1.29, 1.82) is 0 Å². The maximum Gasteiger partial charge on any atom is 0.191 e. The van der Waals surface area contributed by atoms with Gasteiger partial charge in [-0.3, -0.25) is 4.99 Å². The Morgan fingerprint density at radius 2 is 1.93 bits per heavy atom. The Labute approximate surface area is 104 Å². The third-order valence-corrected chi connectivity index (χ3v) is 3.38. The summed E-state index contributed by atoms with van der Waals surface area (Å²) in [5.74, 6) is 1.57. The molecule has 1 saturated carbocycles. The maximum atomic E-state index is 5.85. The first-order valence-corrected chi connectivity index (χ1v) is 5.35. The van der Waals surface area contributed by atoms with Crippen LogP contribution in [0.4, 0.5) is 0 Å². The number of guanidine groups is 1. The van der Waals surface area contributed by atoms with Gasteiger partial charge in [-0.1, -0.05) is 19.8 Å². The third-order valence-electron chi connectivity index (χ3n) is 3.38. The summed E-state index contributed by atoms with van der Waals surface area (Å²) in [5, 5.41) is 0. The second-order valence-corrected chi connectivity index (χ2v) is 4.26. The quantitative estimate of drug-likeness (QED) is 0.778. The Hall–Kier alpha value is -0.150. The molecule has 3 nitrogen and oxygen atoms in total. The highest BCUT2D eigenvalue weighted by Crippen LogP contribution is 2.28. The predicted octanol–water partition coefficient (Wildman–Crippen LogP) is 2.04. The van der Waals surface area contributed by atoms with Crippen LogP contribution in [0.15, 0.2) is 4.99 Å². The lowest BCUT2D eigenvalue weighted by Gasteiger charge is -2.36. The minimum atomic E-state index is 0. The molecular formula is C10H21Cl2N3. The minimum absolute atomic E-state index is 0. The zero-order valence-electron chi connectivity index (χ0n) is 9.19. The largest absolute Gasteiger partial charge is 0.370 e. The number of nitrogens with two attached hydrogens (primary N) is 1. The van der Waals surface area contributed by atoms with Crippen molar-refractivity contribution < 1.29 is 0 Å². The summed E-state index contributed by atoms with van der Waals surface area (Å²) in [4.78, 5) is 6.56. The zero-order valence-corrected chi connectivity index (χ0v) is 10.8. The SMILES string of the molecule is CC1CCCCC1N1CCN=C1N.Cl.Cl. The summed E-state index contributed by atoms with van der Waals surface area (Å²) in [6.45, 7) is 4.28. The van der Waals surface area contributed by atoms with E-state index >= 15 is 0 Å². The Morgan fingerprint density at radius 1 is 1.27 bits per heavy atom. The van der Waals surface area contributed by atoms with Gasteiger partial charge in [0.05, 0.1) is 6.54 Å². The van der Waals surface area contributed by atoms with Crippen LogP contribution >= 0.6 is 24.8 Å². The van der Waals surface area contributed by atoms with E-state index in [1.807, 2.05) is 0 Å². The summed E-state index contributed by atoms with van der Waals surface area (Å²) in [6.07, 6.45) is 5.41. The van der Waals surface area contributed by atoms with Crippen molar-refractivity contribution in [2.45, 2.75) is 38.6 Å². The number of halogens is 2. The molecule has 1 aliphatic heterocycles. The Bertz CT molecular complexity index is 221. The summed E-state index contributed by atoms with van der Waals surface area (Å²) >= 11 is 0. The monoisotopic (exact) mass is 253 g/mol. The number of hydrogen-bond donors (Lipinski definition) is 1. The van der Waals surface area contributed by atoms with Gasteiger partial charge in [0.15, 0.2) is 5.96 Å². The van der Waals surface area contributed by atoms with Crippen LogP contribution in [0.1, 0.15) is 32.6 Å². The molecule has 1 fully saturated rings. The predicted molar refractivity (Wildman–Crippen MR) is 69.1 cm³/mol. The Balaban J connectivity index is 0.000000980. The molecule has 0 radical (unpaired) electrons. The molecule has 2 unspecified atom stereocenters. The summed E-state index contributed by atoms with van der Waals surface area (Å²) in [5.41, 5.74) is 5.85. The van der Waals surface area contributed by atoms with Crippen LogP contribution in [0.3, 0.4) is 0 Å². The lowest BCUT2D eigenvalue weighted by atomic mass is 9.85. The van der Waals surface area contributed by atoms with Crippen molar-refractivity contribution in [2.24, 2.45) is 16.6 Å². The molecule has 1 aliphatic carbocycles. The van der Waals surface area contributed by atoms with E-state index in [1.165, 1.54) is 25.7 Å². The van der Waals surface area contributed by atoms with E-state index < -0.39 is 0 Å². The molecule has 15 heavy (non-hydrogen) atoms. The number of rotatable bonds is 1. The lowest BCUT2D eigenvalue weighted by Crippen LogP contribution is -2.46. The topological polar surface area (TPSA) is 41.6 Å². The standard InChI is InChI=1S/C10H19N3.2ClH/c1-8-4-2-3-5-9(8)13-7-6-12-10(13)11;;/h8-9H,2-7H2,1H3,(H2,11,12);2*1H. The molecule has 0 aromatic rings. The van der Waals surface area contributed by atoms with Crippen molar-refractivity contribution in [2.75, 3.05) is 13.1 Å². The molecule has 0 aromatic heterocycles. The number of aliphatic imine (C=N–C) groups is 1. The fourth-order valence-corrected chi connectivity index (χ4v) is 2.57. The first-order valence-electron chi connectivity index (χ1n) is 5.35. The highest BCUT2D eigenvalue weighted by atomic mass is 35.5. The van der Waals surface area contributed by atoms with Crippen LogP contribution in [-0.4, -0.2) is 30.0 Å². The van der Waals surface area contributed by atoms with Crippen LogP contribution < -0.4 is 5.73 Å². The third kappa shape index (κ3) is 3.15. The minimum Gasteiger partial charge on any atom is -0.370 e.